The zero-order chi connectivity index (χ0) is 17.5. The molecule has 0 radical (unpaired) electrons. The maximum Gasteiger partial charge on any atom is 0.322 e. The van der Waals surface area contributed by atoms with Crippen molar-refractivity contribution in [2.24, 2.45) is 0 Å². The molecule has 25 heavy (non-hydrogen) atoms. The number of urea groups is 1. The molecule has 1 aliphatic rings. The smallest absolute Gasteiger partial charge is 0.322 e. The monoisotopic (exact) mass is 360 g/mol. The number of amides is 2. The van der Waals surface area contributed by atoms with Gasteiger partial charge in [0.2, 0.25) is 0 Å². The van der Waals surface area contributed by atoms with Gasteiger partial charge in [-0.1, -0.05) is 0 Å². The summed E-state index contributed by atoms with van der Waals surface area (Å²) >= 11 is 1.64. The van der Waals surface area contributed by atoms with E-state index in [-0.39, 0.29) is 12.1 Å². The third-order valence-corrected chi connectivity index (χ3v) is 4.84. The van der Waals surface area contributed by atoms with E-state index in [1.165, 1.54) is 0 Å². The van der Waals surface area contributed by atoms with Crippen molar-refractivity contribution in [1.29, 1.82) is 0 Å². The molecule has 5 nitrogen and oxygen atoms in total. The lowest BCUT2D eigenvalue weighted by atomic mass is 10.2. The van der Waals surface area contributed by atoms with Crippen LogP contribution in [0.4, 0.5) is 10.5 Å². The van der Waals surface area contributed by atoms with E-state index in [1.807, 2.05) is 41.5 Å². The van der Waals surface area contributed by atoms with E-state index < -0.39 is 0 Å². The van der Waals surface area contributed by atoms with Gasteiger partial charge >= 0.3 is 6.03 Å². The first kappa shape index (κ1) is 17.8. The van der Waals surface area contributed by atoms with Gasteiger partial charge in [0.05, 0.1) is 12.7 Å². The summed E-state index contributed by atoms with van der Waals surface area (Å²) < 4.78 is 11.1. The van der Waals surface area contributed by atoms with Gasteiger partial charge in [0.1, 0.15) is 5.75 Å². The lowest BCUT2D eigenvalue weighted by Crippen LogP contribution is -2.39. The van der Waals surface area contributed by atoms with Gasteiger partial charge in [-0.2, -0.15) is 11.3 Å². The first-order valence-corrected chi connectivity index (χ1v) is 9.60. The van der Waals surface area contributed by atoms with Crippen LogP contribution < -0.4 is 10.1 Å². The van der Waals surface area contributed by atoms with Gasteiger partial charge in [0, 0.05) is 25.4 Å². The Hall–Kier alpha value is -2.05. The number of carbonyl (C=O) groups excluding carboxylic acids is 1. The van der Waals surface area contributed by atoms with Crippen LogP contribution in [0.25, 0.3) is 0 Å². The summed E-state index contributed by atoms with van der Waals surface area (Å²) in [6.07, 6.45) is 2.21. The molecule has 1 aromatic heterocycles. The lowest BCUT2D eigenvalue weighted by Gasteiger charge is -2.25. The van der Waals surface area contributed by atoms with Gasteiger partial charge in [-0.25, -0.2) is 4.79 Å². The minimum Gasteiger partial charge on any atom is -0.494 e. The number of hydrogen-bond acceptors (Lipinski definition) is 4. The molecule has 1 unspecified atom stereocenters. The van der Waals surface area contributed by atoms with Crippen LogP contribution >= 0.6 is 11.3 Å². The molecular formula is C19H24N2O3S. The van der Waals surface area contributed by atoms with Gasteiger partial charge in [-0.05, 0) is 66.4 Å². The molecule has 1 N–H and O–H groups in total. The molecule has 0 bridgehead atoms. The van der Waals surface area contributed by atoms with Crippen LogP contribution in [-0.2, 0) is 11.3 Å². The Kier molecular flexibility index (Phi) is 6.30. The third-order valence-electron chi connectivity index (χ3n) is 4.11. The number of anilines is 1. The number of rotatable bonds is 7. The molecule has 134 valence electrons. The molecule has 2 amide bonds. The van der Waals surface area contributed by atoms with Crippen LogP contribution in [0.2, 0.25) is 0 Å². The summed E-state index contributed by atoms with van der Waals surface area (Å²) in [6, 6.07) is 9.39. The van der Waals surface area contributed by atoms with Crippen LogP contribution in [0.1, 0.15) is 25.3 Å². The largest absolute Gasteiger partial charge is 0.494 e. The zero-order valence-corrected chi connectivity index (χ0v) is 15.3. The highest BCUT2D eigenvalue weighted by Crippen LogP contribution is 2.19. The van der Waals surface area contributed by atoms with E-state index in [9.17, 15) is 4.79 Å². The Labute approximate surface area is 152 Å². The molecule has 0 spiro atoms. The van der Waals surface area contributed by atoms with Crippen LogP contribution in [0, 0.1) is 0 Å². The Bertz CT molecular complexity index is 652. The summed E-state index contributed by atoms with van der Waals surface area (Å²) in [6.45, 7) is 4.56. The van der Waals surface area contributed by atoms with E-state index in [4.69, 9.17) is 9.47 Å². The average molecular weight is 360 g/mol. The molecule has 2 heterocycles. The highest BCUT2D eigenvalue weighted by molar-refractivity contribution is 7.07. The SMILES string of the molecule is CCOc1ccc(NC(=O)N(Cc2ccsc2)CC2CCCO2)cc1. The standard InChI is InChI=1S/C19H24N2O3S/c1-2-23-17-7-5-16(6-8-17)20-19(22)21(12-15-9-11-25-14-15)13-18-4-3-10-24-18/h5-9,11,14,18H,2-4,10,12-13H2,1H3,(H,20,22). The minimum atomic E-state index is -0.106. The molecule has 1 aliphatic heterocycles. The van der Waals surface area contributed by atoms with E-state index in [2.05, 4.69) is 16.8 Å². The predicted molar refractivity (Wildman–Crippen MR) is 100 cm³/mol. The summed E-state index contributed by atoms with van der Waals surface area (Å²) in [4.78, 5) is 14.6. The molecular weight excluding hydrogens is 336 g/mol. The number of nitrogens with zero attached hydrogens (tertiary/aromatic N) is 1. The molecule has 1 saturated heterocycles. The van der Waals surface area contributed by atoms with Crippen molar-refractivity contribution in [3.8, 4) is 5.75 Å². The number of benzene rings is 1. The number of carbonyl (C=O) groups is 1. The van der Waals surface area contributed by atoms with E-state index in [1.54, 1.807) is 11.3 Å². The molecule has 1 aromatic carbocycles. The molecule has 3 rings (SSSR count). The van der Waals surface area contributed by atoms with Crippen molar-refractivity contribution in [2.45, 2.75) is 32.4 Å². The Morgan fingerprint density at radius 1 is 1.36 bits per heavy atom. The topological polar surface area (TPSA) is 50.8 Å². The maximum absolute atomic E-state index is 12.8. The summed E-state index contributed by atoms with van der Waals surface area (Å²) in [7, 11) is 0. The second-order valence-electron chi connectivity index (χ2n) is 6.03. The first-order valence-electron chi connectivity index (χ1n) is 8.66. The molecule has 0 aliphatic carbocycles. The second-order valence-corrected chi connectivity index (χ2v) is 6.81. The fourth-order valence-corrected chi connectivity index (χ4v) is 3.52. The van der Waals surface area contributed by atoms with Gasteiger partial charge in [-0.15, -0.1) is 0 Å². The Morgan fingerprint density at radius 3 is 2.84 bits per heavy atom. The highest BCUT2D eigenvalue weighted by atomic mass is 32.1. The van der Waals surface area contributed by atoms with E-state index >= 15 is 0 Å². The minimum absolute atomic E-state index is 0.106. The third kappa shape index (κ3) is 5.21. The molecule has 0 saturated carbocycles. The number of thiophene rings is 1. The molecule has 2 aromatic rings. The van der Waals surface area contributed by atoms with Crippen LogP contribution in [0.5, 0.6) is 5.75 Å². The van der Waals surface area contributed by atoms with Crippen molar-refractivity contribution in [1.82, 2.24) is 4.90 Å². The molecule has 1 atom stereocenters. The normalized spacial score (nSPS) is 16.6. The summed E-state index contributed by atoms with van der Waals surface area (Å²) in [5.41, 5.74) is 1.90. The summed E-state index contributed by atoms with van der Waals surface area (Å²) in [5.74, 6) is 0.801. The average Bonchev–Trinajstić information content (AvgIpc) is 3.30. The lowest BCUT2D eigenvalue weighted by molar-refractivity contribution is 0.0819. The van der Waals surface area contributed by atoms with Crippen molar-refractivity contribution in [3.63, 3.8) is 0 Å². The fraction of sp³-hybridized carbons (Fsp3) is 0.421. The van der Waals surface area contributed by atoms with Crippen molar-refractivity contribution in [3.05, 3.63) is 46.7 Å². The number of ether oxygens (including phenoxy) is 2. The second kappa shape index (κ2) is 8.87. The van der Waals surface area contributed by atoms with Crippen LogP contribution in [-0.4, -0.2) is 36.8 Å². The van der Waals surface area contributed by atoms with Crippen molar-refractivity contribution in [2.75, 3.05) is 25.1 Å². The van der Waals surface area contributed by atoms with Gasteiger partial charge in [-0.3, -0.25) is 0 Å². The maximum atomic E-state index is 12.8. The van der Waals surface area contributed by atoms with Crippen molar-refractivity contribution < 1.29 is 14.3 Å². The Morgan fingerprint density at radius 2 is 2.20 bits per heavy atom. The van der Waals surface area contributed by atoms with Gasteiger partial charge in [0.25, 0.3) is 0 Å². The number of hydrogen-bond donors (Lipinski definition) is 1. The predicted octanol–water partition coefficient (Wildman–Crippen LogP) is 4.36. The Balaban J connectivity index is 1.64. The highest BCUT2D eigenvalue weighted by Gasteiger charge is 2.23. The van der Waals surface area contributed by atoms with Gasteiger partial charge < -0.3 is 19.7 Å². The van der Waals surface area contributed by atoms with E-state index in [0.29, 0.717) is 19.7 Å². The fourth-order valence-electron chi connectivity index (χ4n) is 2.86. The van der Waals surface area contributed by atoms with Gasteiger partial charge in [0.15, 0.2) is 0 Å². The van der Waals surface area contributed by atoms with Crippen LogP contribution in [0.3, 0.4) is 0 Å². The molecule has 1 fully saturated rings. The van der Waals surface area contributed by atoms with E-state index in [0.717, 1.165) is 36.4 Å². The van der Waals surface area contributed by atoms with Crippen molar-refractivity contribution >= 4 is 23.1 Å². The number of nitrogens with one attached hydrogen (secondary N) is 1. The van der Waals surface area contributed by atoms with Crippen LogP contribution in [0.15, 0.2) is 41.1 Å². The quantitative estimate of drug-likeness (QED) is 0.798. The summed E-state index contributed by atoms with van der Waals surface area (Å²) in [5, 5.41) is 7.08. The first-order chi connectivity index (χ1) is 12.2. The molecule has 6 heteroatoms. The zero-order valence-electron chi connectivity index (χ0n) is 14.4.